The second kappa shape index (κ2) is 6.51. The van der Waals surface area contributed by atoms with Gasteiger partial charge >= 0.3 is 6.03 Å². The summed E-state index contributed by atoms with van der Waals surface area (Å²) in [5.74, 6) is 0.407. The van der Waals surface area contributed by atoms with E-state index in [1.807, 2.05) is 4.90 Å². The van der Waals surface area contributed by atoms with Crippen LogP contribution in [0.1, 0.15) is 37.7 Å². The fourth-order valence-corrected chi connectivity index (χ4v) is 4.52. The van der Waals surface area contributed by atoms with Gasteiger partial charge in [0.05, 0.1) is 11.6 Å². The third-order valence-electron chi connectivity index (χ3n) is 5.89. The maximum atomic E-state index is 13.1. The lowest BCUT2D eigenvalue weighted by Crippen LogP contribution is -2.48. The van der Waals surface area contributed by atoms with Gasteiger partial charge in [0.1, 0.15) is 5.82 Å². The quantitative estimate of drug-likeness (QED) is 0.731. The van der Waals surface area contributed by atoms with Gasteiger partial charge in [-0.05, 0) is 61.3 Å². The molecule has 1 saturated carbocycles. The maximum Gasteiger partial charge on any atom is 0.320 e. The van der Waals surface area contributed by atoms with Crippen LogP contribution in [0.4, 0.5) is 9.18 Å². The van der Waals surface area contributed by atoms with Crippen LogP contribution in [0.25, 0.3) is 5.57 Å². The first kappa shape index (κ1) is 16.1. The van der Waals surface area contributed by atoms with E-state index in [0.717, 1.165) is 24.1 Å². The van der Waals surface area contributed by atoms with Crippen LogP contribution in [0, 0.1) is 23.1 Å². The van der Waals surface area contributed by atoms with Gasteiger partial charge in [-0.1, -0.05) is 12.1 Å². The highest BCUT2D eigenvalue weighted by Crippen LogP contribution is 2.38. The minimum absolute atomic E-state index is 0.173. The number of nitrogens with zero attached hydrogens (tertiary/aromatic N) is 3. The molecule has 1 aromatic carbocycles. The number of hydrogen-bond donors (Lipinski definition) is 0. The SMILES string of the molecule is N#CC(=C1CCN(C(=O)N2CC3CCC2C3)CC1)c1ccc(F)cc1. The van der Waals surface area contributed by atoms with Crippen LogP contribution in [-0.4, -0.2) is 41.5 Å². The van der Waals surface area contributed by atoms with Gasteiger partial charge in [-0.2, -0.15) is 5.26 Å². The predicted octanol–water partition coefficient (Wildman–Crippen LogP) is 3.80. The average Bonchev–Trinajstić information content (AvgIpc) is 3.27. The molecule has 0 N–H and O–H groups in total. The molecular weight excluding hydrogens is 317 g/mol. The number of nitriles is 1. The second-order valence-electron chi connectivity index (χ2n) is 7.35. The van der Waals surface area contributed by atoms with Crippen LogP contribution in [0.15, 0.2) is 29.8 Å². The van der Waals surface area contributed by atoms with Crippen molar-refractivity contribution in [1.82, 2.24) is 9.80 Å². The summed E-state index contributed by atoms with van der Waals surface area (Å²) in [6.07, 6.45) is 5.03. The fraction of sp³-hybridized carbons (Fsp3) is 0.500. The minimum Gasteiger partial charge on any atom is -0.324 e. The van der Waals surface area contributed by atoms with E-state index in [9.17, 15) is 14.4 Å². The van der Waals surface area contributed by atoms with Gasteiger partial charge in [0.15, 0.2) is 0 Å². The van der Waals surface area contributed by atoms with Gasteiger partial charge in [-0.3, -0.25) is 0 Å². The molecule has 2 saturated heterocycles. The molecule has 0 radical (unpaired) electrons. The van der Waals surface area contributed by atoms with Crippen LogP contribution in [-0.2, 0) is 0 Å². The molecule has 25 heavy (non-hydrogen) atoms. The smallest absolute Gasteiger partial charge is 0.320 e. The lowest BCUT2D eigenvalue weighted by molar-refractivity contribution is 0.135. The topological polar surface area (TPSA) is 47.3 Å². The lowest BCUT2D eigenvalue weighted by Gasteiger charge is -2.36. The van der Waals surface area contributed by atoms with Crippen molar-refractivity contribution in [2.75, 3.05) is 19.6 Å². The molecular formula is C20H22FN3O. The number of benzene rings is 1. The molecule has 2 heterocycles. The lowest BCUT2D eigenvalue weighted by atomic mass is 9.94. The van der Waals surface area contributed by atoms with Crippen molar-refractivity contribution in [2.45, 2.75) is 38.1 Å². The highest BCUT2D eigenvalue weighted by molar-refractivity contribution is 5.80. The number of halogens is 1. The van der Waals surface area contributed by atoms with E-state index >= 15 is 0 Å². The molecule has 0 aromatic heterocycles. The highest BCUT2D eigenvalue weighted by atomic mass is 19.1. The first-order chi connectivity index (χ1) is 12.2. The predicted molar refractivity (Wildman–Crippen MR) is 93.0 cm³/mol. The third kappa shape index (κ3) is 3.02. The molecule has 1 aliphatic carbocycles. The fourth-order valence-electron chi connectivity index (χ4n) is 4.52. The molecule has 2 bridgehead atoms. The van der Waals surface area contributed by atoms with E-state index in [-0.39, 0.29) is 11.8 Å². The molecule has 1 aromatic rings. The van der Waals surface area contributed by atoms with Crippen LogP contribution in [0.3, 0.4) is 0 Å². The van der Waals surface area contributed by atoms with Crippen molar-refractivity contribution >= 4 is 11.6 Å². The van der Waals surface area contributed by atoms with Crippen LogP contribution in [0.2, 0.25) is 0 Å². The summed E-state index contributed by atoms with van der Waals surface area (Å²) in [5.41, 5.74) is 2.46. The van der Waals surface area contributed by atoms with E-state index in [2.05, 4.69) is 11.0 Å². The zero-order chi connectivity index (χ0) is 17.4. The Kier molecular flexibility index (Phi) is 4.20. The summed E-state index contributed by atoms with van der Waals surface area (Å²) in [4.78, 5) is 16.8. The summed E-state index contributed by atoms with van der Waals surface area (Å²) in [6, 6.07) is 8.96. The molecule has 3 aliphatic rings. The normalized spacial score (nSPS) is 25.2. The Morgan fingerprint density at radius 1 is 1.16 bits per heavy atom. The highest BCUT2D eigenvalue weighted by Gasteiger charge is 2.41. The Labute approximate surface area is 147 Å². The summed E-state index contributed by atoms with van der Waals surface area (Å²) < 4.78 is 13.1. The number of hydrogen-bond acceptors (Lipinski definition) is 2. The molecule has 130 valence electrons. The molecule has 2 aliphatic heterocycles. The van der Waals surface area contributed by atoms with Gasteiger partial charge in [0.25, 0.3) is 0 Å². The van der Waals surface area contributed by atoms with Crippen LogP contribution >= 0.6 is 0 Å². The number of fused-ring (bicyclic) bond motifs is 2. The molecule has 0 spiro atoms. The Morgan fingerprint density at radius 3 is 2.44 bits per heavy atom. The van der Waals surface area contributed by atoms with Gasteiger partial charge in [0, 0.05) is 25.7 Å². The average molecular weight is 339 g/mol. The zero-order valence-electron chi connectivity index (χ0n) is 14.2. The van der Waals surface area contributed by atoms with Crippen LogP contribution in [0.5, 0.6) is 0 Å². The molecule has 2 amide bonds. The molecule has 5 heteroatoms. The number of likely N-dealkylation sites (tertiary alicyclic amines) is 2. The molecule has 4 rings (SSSR count). The number of urea groups is 1. The number of allylic oxidation sites excluding steroid dienone is 1. The van der Waals surface area contributed by atoms with E-state index in [4.69, 9.17) is 0 Å². The molecule has 3 fully saturated rings. The summed E-state index contributed by atoms with van der Waals surface area (Å²) >= 11 is 0. The number of carbonyl (C=O) groups is 1. The van der Waals surface area contributed by atoms with Gasteiger partial charge < -0.3 is 9.80 Å². The van der Waals surface area contributed by atoms with Crippen molar-refractivity contribution < 1.29 is 9.18 Å². The van der Waals surface area contributed by atoms with Crippen molar-refractivity contribution in [3.63, 3.8) is 0 Å². The molecule has 2 unspecified atom stereocenters. The van der Waals surface area contributed by atoms with Crippen molar-refractivity contribution in [2.24, 2.45) is 5.92 Å². The second-order valence-corrected chi connectivity index (χ2v) is 7.35. The third-order valence-corrected chi connectivity index (χ3v) is 5.89. The molecule has 4 nitrogen and oxygen atoms in total. The minimum atomic E-state index is -0.300. The van der Waals surface area contributed by atoms with E-state index in [0.29, 0.717) is 43.5 Å². The number of carbonyl (C=O) groups excluding carboxylic acids is 1. The maximum absolute atomic E-state index is 13.1. The monoisotopic (exact) mass is 339 g/mol. The van der Waals surface area contributed by atoms with Gasteiger partial charge in [0.2, 0.25) is 0 Å². The van der Waals surface area contributed by atoms with E-state index < -0.39 is 0 Å². The summed E-state index contributed by atoms with van der Waals surface area (Å²) in [5, 5.41) is 9.53. The van der Waals surface area contributed by atoms with Crippen molar-refractivity contribution in [3.05, 3.63) is 41.2 Å². The van der Waals surface area contributed by atoms with E-state index in [1.54, 1.807) is 12.1 Å². The Balaban J connectivity index is 1.44. The first-order valence-electron chi connectivity index (χ1n) is 9.09. The Hall–Kier alpha value is -2.35. The van der Waals surface area contributed by atoms with Crippen molar-refractivity contribution in [1.29, 1.82) is 5.26 Å². The number of piperidine rings is 2. The molecule has 2 atom stereocenters. The largest absolute Gasteiger partial charge is 0.324 e. The Bertz CT molecular complexity index is 739. The number of amides is 2. The van der Waals surface area contributed by atoms with E-state index in [1.165, 1.54) is 25.0 Å². The summed E-state index contributed by atoms with van der Waals surface area (Å²) in [7, 11) is 0. The van der Waals surface area contributed by atoms with Gasteiger partial charge in [-0.15, -0.1) is 0 Å². The number of rotatable bonds is 1. The van der Waals surface area contributed by atoms with Gasteiger partial charge in [-0.25, -0.2) is 9.18 Å². The summed E-state index contributed by atoms with van der Waals surface area (Å²) in [6.45, 7) is 2.24. The van der Waals surface area contributed by atoms with Crippen molar-refractivity contribution in [3.8, 4) is 6.07 Å². The Morgan fingerprint density at radius 2 is 1.88 bits per heavy atom. The zero-order valence-corrected chi connectivity index (χ0v) is 14.2. The standard InChI is InChI=1S/C20H22FN3O/c21-17-4-2-15(3-5-17)19(12-22)16-7-9-23(10-8-16)20(25)24-13-14-1-6-18(24)11-14/h2-5,14,18H,1,6-11,13H2. The van der Waals surface area contributed by atoms with Crippen LogP contribution < -0.4 is 0 Å². The first-order valence-corrected chi connectivity index (χ1v) is 9.09.